The number of amidine groups is 1. The molecule has 0 aromatic rings. The lowest BCUT2D eigenvalue weighted by Gasteiger charge is -2.15. The lowest BCUT2D eigenvalue weighted by atomic mass is 10.4. The Morgan fingerprint density at radius 2 is 2.00 bits per heavy atom. The van der Waals surface area contributed by atoms with Gasteiger partial charge in [-0.15, -0.1) is 0 Å². The monoisotopic (exact) mass is 217 g/mol. The van der Waals surface area contributed by atoms with Gasteiger partial charge in [-0.05, 0) is 6.92 Å². The summed E-state index contributed by atoms with van der Waals surface area (Å²) < 4.78 is 0. The van der Waals surface area contributed by atoms with Gasteiger partial charge in [0.2, 0.25) is 5.91 Å². The van der Waals surface area contributed by atoms with Crippen LogP contribution in [0.5, 0.6) is 0 Å². The van der Waals surface area contributed by atoms with E-state index < -0.39 is 0 Å². The fourth-order valence-corrected chi connectivity index (χ4v) is 1.53. The van der Waals surface area contributed by atoms with Crippen molar-refractivity contribution in [2.45, 2.75) is 12.2 Å². The number of thioether (sulfide) groups is 1. The lowest BCUT2D eigenvalue weighted by Crippen LogP contribution is -2.30. The molecule has 0 rings (SSSR count). The molecule has 0 aliphatic heterocycles. The summed E-state index contributed by atoms with van der Waals surface area (Å²) in [4.78, 5) is 16.3. The summed E-state index contributed by atoms with van der Waals surface area (Å²) in [6, 6.07) is 0. The second-order valence-corrected chi connectivity index (χ2v) is 4.16. The van der Waals surface area contributed by atoms with Crippen molar-refractivity contribution < 1.29 is 4.79 Å². The Labute approximate surface area is 87.2 Å². The number of hydrogen-bond donors (Lipinski definition) is 3. The Kier molecular flexibility index (Phi) is 5.00. The van der Waals surface area contributed by atoms with Gasteiger partial charge in [0, 0.05) is 14.1 Å². The lowest BCUT2D eigenvalue weighted by molar-refractivity contribution is -0.127. The van der Waals surface area contributed by atoms with E-state index in [0.717, 1.165) is 11.8 Å². The smallest absolute Gasteiger partial charge is 0.235 e. The van der Waals surface area contributed by atoms with Crippen molar-refractivity contribution in [2.75, 3.05) is 14.1 Å². The zero-order chi connectivity index (χ0) is 11.3. The number of rotatable bonds is 2. The van der Waals surface area contributed by atoms with E-state index in [9.17, 15) is 4.79 Å². The molecule has 6 nitrogen and oxygen atoms in total. The molecule has 0 aromatic carbocycles. The molecule has 1 amide bonds. The zero-order valence-electron chi connectivity index (χ0n) is 8.44. The summed E-state index contributed by atoms with van der Waals surface area (Å²) in [5.74, 6) is -0.252. The van der Waals surface area contributed by atoms with Crippen LogP contribution in [0.15, 0.2) is 4.99 Å². The van der Waals surface area contributed by atoms with Gasteiger partial charge in [0.15, 0.2) is 11.1 Å². The average molecular weight is 217 g/mol. The van der Waals surface area contributed by atoms with E-state index in [-0.39, 0.29) is 22.3 Å². The Bertz CT molecular complexity index is 259. The van der Waals surface area contributed by atoms with Crippen molar-refractivity contribution in [2.24, 2.45) is 16.5 Å². The minimum Gasteiger partial charge on any atom is -0.370 e. The first-order valence-corrected chi connectivity index (χ1v) is 4.78. The highest BCUT2D eigenvalue weighted by molar-refractivity contribution is 8.14. The number of hydrogen-bond acceptors (Lipinski definition) is 3. The SMILES string of the molecule is CC(SC(=N)N=C(N)N)C(=O)N(C)C. The van der Waals surface area contributed by atoms with E-state index in [0.29, 0.717) is 0 Å². The molecular formula is C7H15N5OS. The molecule has 0 aromatic heterocycles. The van der Waals surface area contributed by atoms with Crippen molar-refractivity contribution in [3.63, 3.8) is 0 Å². The first kappa shape index (κ1) is 12.8. The van der Waals surface area contributed by atoms with Gasteiger partial charge in [-0.25, -0.2) is 0 Å². The van der Waals surface area contributed by atoms with Crippen LogP contribution in [0.1, 0.15) is 6.92 Å². The van der Waals surface area contributed by atoms with Crippen molar-refractivity contribution in [1.29, 1.82) is 5.41 Å². The predicted octanol–water partition coefficient (Wildman–Crippen LogP) is -0.596. The molecule has 0 fully saturated rings. The van der Waals surface area contributed by atoms with Gasteiger partial charge in [0.25, 0.3) is 0 Å². The number of nitrogens with zero attached hydrogens (tertiary/aromatic N) is 2. The van der Waals surface area contributed by atoms with Crippen LogP contribution in [0.4, 0.5) is 0 Å². The second-order valence-electron chi connectivity index (χ2n) is 2.83. The van der Waals surface area contributed by atoms with Gasteiger partial charge in [-0.3, -0.25) is 10.2 Å². The van der Waals surface area contributed by atoms with Crippen LogP contribution >= 0.6 is 11.8 Å². The minimum atomic E-state index is -0.361. The van der Waals surface area contributed by atoms with Crippen LogP contribution in [-0.4, -0.2) is 41.3 Å². The highest BCUT2D eigenvalue weighted by Crippen LogP contribution is 2.13. The van der Waals surface area contributed by atoms with E-state index in [4.69, 9.17) is 16.9 Å². The number of nitrogens with two attached hydrogens (primary N) is 2. The number of carbonyl (C=O) groups excluding carboxylic acids is 1. The van der Waals surface area contributed by atoms with E-state index in [1.807, 2.05) is 0 Å². The summed E-state index contributed by atoms with van der Waals surface area (Å²) >= 11 is 1.01. The molecule has 0 saturated carbocycles. The van der Waals surface area contributed by atoms with Crippen molar-refractivity contribution in [1.82, 2.24) is 4.90 Å². The molecular weight excluding hydrogens is 202 g/mol. The number of carbonyl (C=O) groups is 1. The van der Waals surface area contributed by atoms with Gasteiger partial charge < -0.3 is 16.4 Å². The molecule has 80 valence electrons. The molecule has 7 heteroatoms. The number of amides is 1. The van der Waals surface area contributed by atoms with E-state index in [1.54, 1.807) is 21.0 Å². The van der Waals surface area contributed by atoms with E-state index >= 15 is 0 Å². The van der Waals surface area contributed by atoms with Gasteiger partial charge in [-0.2, -0.15) is 4.99 Å². The van der Waals surface area contributed by atoms with E-state index in [1.165, 1.54) is 4.90 Å². The third-order valence-corrected chi connectivity index (χ3v) is 2.18. The molecule has 0 spiro atoms. The van der Waals surface area contributed by atoms with Crippen molar-refractivity contribution in [3.8, 4) is 0 Å². The molecule has 0 radical (unpaired) electrons. The van der Waals surface area contributed by atoms with Crippen LogP contribution in [0.2, 0.25) is 0 Å². The van der Waals surface area contributed by atoms with Gasteiger partial charge >= 0.3 is 0 Å². The van der Waals surface area contributed by atoms with Crippen LogP contribution in [0.25, 0.3) is 0 Å². The number of guanidine groups is 1. The number of aliphatic imine (C=N–C) groups is 1. The Hall–Kier alpha value is -1.24. The largest absolute Gasteiger partial charge is 0.370 e. The zero-order valence-corrected chi connectivity index (χ0v) is 9.26. The molecule has 0 heterocycles. The third kappa shape index (κ3) is 4.70. The summed E-state index contributed by atoms with van der Waals surface area (Å²) in [5, 5.41) is 6.91. The van der Waals surface area contributed by atoms with Crippen LogP contribution < -0.4 is 11.5 Å². The highest BCUT2D eigenvalue weighted by Gasteiger charge is 2.17. The topological polar surface area (TPSA) is 109 Å². The normalized spacial score (nSPS) is 11.6. The molecule has 1 atom stereocenters. The van der Waals surface area contributed by atoms with Crippen molar-refractivity contribution in [3.05, 3.63) is 0 Å². The fraction of sp³-hybridized carbons (Fsp3) is 0.571. The predicted molar refractivity (Wildman–Crippen MR) is 59.3 cm³/mol. The number of nitrogens with one attached hydrogen (secondary N) is 1. The van der Waals surface area contributed by atoms with Crippen molar-refractivity contribution >= 4 is 28.8 Å². The first-order chi connectivity index (χ1) is 6.34. The molecule has 0 aliphatic carbocycles. The second kappa shape index (κ2) is 5.48. The fourth-order valence-electron chi connectivity index (χ4n) is 0.725. The summed E-state index contributed by atoms with van der Waals surface area (Å²) in [7, 11) is 3.31. The van der Waals surface area contributed by atoms with E-state index in [2.05, 4.69) is 4.99 Å². The average Bonchev–Trinajstić information content (AvgIpc) is 2.00. The first-order valence-electron chi connectivity index (χ1n) is 3.90. The molecule has 0 saturated heterocycles. The highest BCUT2D eigenvalue weighted by atomic mass is 32.2. The minimum absolute atomic E-state index is 0.0623. The molecule has 0 bridgehead atoms. The quantitative estimate of drug-likeness (QED) is 0.424. The molecule has 14 heavy (non-hydrogen) atoms. The molecule has 0 aliphatic rings. The Morgan fingerprint density at radius 3 is 2.36 bits per heavy atom. The van der Waals surface area contributed by atoms with Gasteiger partial charge in [-0.1, -0.05) is 11.8 Å². The summed E-state index contributed by atoms with van der Waals surface area (Å²) in [6.45, 7) is 1.70. The third-order valence-electron chi connectivity index (χ3n) is 1.31. The van der Waals surface area contributed by atoms with Gasteiger partial charge in [0.05, 0.1) is 5.25 Å². The van der Waals surface area contributed by atoms with Crippen LogP contribution in [-0.2, 0) is 4.79 Å². The summed E-state index contributed by atoms with van der Waals surface area (Å²) in [6.07, 6.45) is 0. The maximum absolute atomic E-state index is 11.4. The Morgan fingerprint density at radius 1 is 1.50 bits per heavy atom. The van der Waals surface area contributed by atoms with Crippen LogP contribution in [0, 0.1) is 5.41 Å². The maximum Gasteiger partial charge on any atom is 0.235 e. The Balaban J connectivity index is 4.20. The molecule has 1 unspecified atom stereocenters. The standard InChI is InChI=1S/C7H15N5OS/c1-4(5(13)12(2)3)14-7(10)11-6(8)9/h4H,1-3H3,(H5,8,9,10,11). The maximum atomic E-state index is 11.4. The molecule has 5 N–H and O–H groups in total. The van der Waals surface area contributed by atoms with Crippen LogP contribution in [0.3, 0.4) is 0 Å². The van der Waals surface area contributed by atoms with Gasteiger partial charge in [0.1, 0.15) is 0 Å². The summed E-state index contributed by atoms with van der Waals surface area (Å²) in [5.41, 5.74) is 10.2.